The maximum atomic E-state index is 6.33. The topological polar surface area (TPSA) is 9.23 Å². The van der Waals surface area contributed by atoms with E-state index in [2.05, 4.69) is 59.7 Å². The van der Waals surface area contributed by atoms with Gasteiger partial charge in [-0.05, 0) is 0 Å². The van der Waals surface area contributed by atoms with Gasteiger partial charge < -0.3 is 0 Å². The van der Waals surface area contributed by atoms with Crippen molar-refractivity contribution in [1.82, 2.24) is 0 Å². The molecule has 0 saturated carbocycles. The standard InChI is InChI=1S/C7H6O.6C4H9.2Sn/c1-8-7-5-3-2-4-6-7;6*1-3-4-2;;/h2-3,5H,1H3;6*1,3-4H2,2H3;;. The SMILES string of the molecule is CCC[CH2][Sn]([CH2]CCC)([CH2]CCC)[c]1cccc(OC)[c]1[Sn]([CH2]CCC)([CH2]CCC)[CH2]CCC. The zero-order chi connectivity index (χ0) is 25.3. The van der Waals surface area contributed by atoms with Crippen molar-refractivity contribution >= 4 is 43.9 Å². The van der Waals surface area contributed by atoms with Crippen molar-refractivity contribution in [3.8, 4) is 5.75 Å². The summed E-state index contributed by atoms with van der Waals surface area (Å²) in [6, 6.07) is 7.44. The van der Waals surface area contributed by atoms with Crippen molar-refractivity contribution in [2.75, 3.05) is 7.11 Å². The van der Waals surface area contributed by atoms with Crippen molar-refractivity contribution in [2.45, 2.75) is 145 Å². The van der Waals surface area contributed by atoms with Crippen LogP contribution in [-0.4, -0.2) is 43.9 Å². The molecule has 0 radical (unpaired) electrons. The second-order valence-electron chi connectivity index (χ2n) is 11.1. The molecule has 1 aromatic rings. The van der Waals surface area contributed by atoms with Crippen molar-refractivity contribution in [3.05, 3.63) is 18.2 Å². The van der Waals surface area contributed by atoms with Crippen LogP contribution in [-0.2, 0) is 0 Å². The summed E-state index contributed by atoms with van der Waals surface area (Å²) >= 11 is -5.21. The van der Waals surface area contributed by atoms with Crippen LogP contribution < -0.4 is 11.9 Å². The third kappa shape index (κ3) is 9.49. The minimum absolute atomic E-state index is 1.32. The quantitative estimate of drug-likeness (QED) is 0.117. The van der Waals surface area contributed by atoms with Gasteiger partial charge in [0.15, 0.2) is 0 Å². The van der Waals surface area contributed by atoms with Crippen LogP contribution in [0.1, 0.15) is 119 Å². The molecule has 0 saturated heterocycles. The third-order valence-electron chi connectivity index (χ3n) is 8.40. The summed E-state index contributed by atoms with van der Waals surface area (Å²) in [5.41, 5.74) is 0. The Morgan fingerprint density at radius 1 is 0.529 bits per heavy atom. The molecule has 34 heavy (non-hydrogen) atoms. The van der Waals surface area contributed by atoms with E-state index in [-0.39, 0.29) is 0 Å². The van der Waals surface area contributed by atoms with E-state index in [4.69, 9.17) is 4.74 Å². The summed E-state index contributed by atoms with van der Waals surface area (Å²) in [6.45, 7) is 14.5. The predicted molar refractivity (Wildman–Crippen MR) is 162 cm³/mol. The first-order chi connectivity index (χ1) is 16.5. The Labute approximate surface area is 223 Å². The molecule has 3 heteroatoms. The van der Waals surface area contributed by atoms with E-state index in [9.17, 15) is 0 Å². The molecule has 0 aliphatic heterocycles. The van der Waals surface area contributed by atoms with Gasteiger partial charge in [-0.1, -0.05) is 0 Å². The Bertz CT molecular complexity index is 599. The fourth-order valence-electron chi connectivity index (χ4n) is 6.31. The Hall–Kier alpha value is 0.617. The van der Waals surface area contributed by atoms with Gasteiger partial charge >= 0.3 is 225 Å². The van der Waals surface area contributed by atoms with E-state index in [1.54, 1.807) is 26.6 Å². The second-order valence-corrected chi connectivity index (χ2v) is 37.2. The molecule has 0 atom stereocenters. The molecule has 198 valence electrons. The Balaban J connectivity index is 3.89. The fourth-order valence-corrected chi connectivity index (χ4v) is 49.9. The van der Waals surface area contributed by atoms with E-state index < -0.39 is 36.8 Å². The maximum absolute atomic E-state index is 6.33. The average Bonchev–Trinajstić information content (AvgIpc) is 2.88. The van der Waals surface area contributed by atoms with Gasteiger partial charge in [0, 0.05) is 0 Å². The van der Waals surface area contributed by atoms with E-state index in [1.807, 2.05) is 14.3 Å². The van der Waals surface area contributed by atoms with Gasteiger partial charge in [0.2, 0.25) is 0 Å². The number of unbranched alkanes of at least 4 members (excludes halogenated alkanes) is 6. The van der Waals surface area contributed by atoms with E-state index >= 15 is 0 Å². The van der Waals surface area contributed by atoms with Crippen molar-refractivity contribution < 1.29 is 4.74 Å². The number of benzene rings is 1. The molecule has 0 aliphatic carbocycles. The molecule has 0 heterocycles. The summed E-state index contributed by atoms with van der Waals surface area (Å²) in [4.78, 5) is 0. The van der Waals surface area contributed by atoms with Crippen LogP contribution in [0.3, 0.4) is 0 Å². The first-order valence-electron chi connectivity index (χ1n) is 15.2. The molecular weight excluding hydrogens is 626 g/mol. The van der Waals surface area contributed by atoms with Gasteiger partial charge in [-0.2, -0.15) is 0 Å². The molecule has 0 amide bonds. The zero-order valence-electron chi connectivity index (χ0n) is 24.4. The molecular formula is C31H60OSn2. The average molecular weight is 686 g/mol. The van der Waals surface area contributed by atoms with Crippen LogP contribution in [0.4, 0.5) is 0 Å². The van der Waals surface area contributed by atoms with Gasteiger partial charge in [-0.3, -0.25) is 0 Å². The molecule has 0 aromatic heterocycles. The molecule has 0 aliphatic rings. The summed E-state index contributed by atoms with van der Waals surface area (Å²) in [6.07, 6.45) is 16.7. The van der Waals surface area contributed by atoms with Crippen molar-refractivity contribution in [3.63, 3.8) is 0 Å². The summed E-state index contributed by atoms with van der Waals surface area (Å²) in [5.74, 6) is 1.32. The second kappa shape index (κ2) is 18.8. The summed E-state index contributed by atoms with van der Waals surface area (Å²) in [7, 11) is 1.97. The van der Waals surface area contributed by atoms with Gasteiger partial charge in [0.05, 0.1) is 0 Å². The van der Waals surface area contributed by atoms with Crippen LogP contribution in [0.15, 0.2) is 18.2 Å². The van der Waals surface area contributed by atoms with Crippen molar-refractivity contribution in [1.29, 1.82) is 0 Å². The molecule has 1 rings (SSSR count). The monoisotopic (exact) mass is 688 g/mol. The number of rotatable bonds is 21. The van der Waals surface area contributed by atoms with Gasteiger partial charge in [0.25, 0.3) is 0 Å². The summed E-state index contributed by atoms with van der Waals surface area (Å²) in [5, 5.41) is 0. The van der Waals surface area contributed by atoms with Crippen molar-refractivity contribution in [2.24, 2.45) is 0 Å². The molecule has 0 N–H and O–H groups in total. The first kappa shape index (κ1) is 32.6. The Kier molecular flexibility index (Phi) is 18.1. The molecule has 1 nitrogen and oxygen atoms in total. The van der Waals surface area contributed by atoms with Crippen LogP contribution in [0, 0.1) is 0 Å². The Morgan fingerprint density at radius 3 is 1.21 bits per heavy atom. The zero-order valence-corrected chi connectivity index (χ0v) is 30.1. The van der Waals surface area contributed by atoms with Gasteiger partial charge in [-0.15, -0.1) is 0 Å². The van der Waals surface area contributed by atoms with Crippen LogP contribution in [0.2, 0.25) is 26.6 Å². The van der Waals surface area contributed by atoms with E-state index in [0.717, 1.165) is 0 Å². The third-order valence-corrected chi connectivity index (χ3v) is 41.8. The molecule has 1 aromatic carbocycles. The van der Waals surface area contributed by atoms with E-state index in [0.29, 0.717) is 0 Å². The molecule has 0 unspecified atom stereocenters. The Morgan fingerprint density at radius 2 is 0.882 bits per heavy atom. The van der Waals surface area contributed by atoms with Gasteiger partial charge in [0.1, 0.15) is 0 Å². The van der Waals surface area contributed by atoms with Crippen LogP contribution in [0.5, 0.6) is 5.75 Å². The number of ether oxygens (including phenoxy) is 1. The number of hydrogen-bond donors (Lipinski definition) is 0. The normalized spacial score (nSPS) is 12.3. The van der Waals surface area contributed by atoms with E-state index in [1.165, 1.54) is 82.8 Å². The van der Waals surface area contributed by atoms with Crippen LogP contribution >= 0.6 is 0 Å². The summed E-state index contributed by atoms with van der Waals surface area (Å²) < 4.78 is 19.6. The molecule has 0 spiro atoms. The molecule has 0 fully saturated rings. The number of methoxy groups -OCH3 is 1. The first-order valence-corrected chi connectivity index (χ1v) is 30.2. The minimum atomic E-state index is -2.64. The van der Waals surface area contributed by atoms with Crippen LogP contribution in [0.25, 0.3) is 0 Å². The predicted octanol–water partition coefficient (Wildman–Crippen LogP) is 9.81. The molecule has 0 bridgehead atoms. The van der Waals surface area contributed by atoms with Gasteiger partial charge in [-0.25, -0.2) is 0 Å². The number of hydrogen-bond acceptors (Lipinski definition) is 1. The fraction of sp³-hybridized carbons (Fsp3) is 0.806.